The van der Waals surface area contributed by atoms with Crippen molar-refractivity contribution in [1.82, 2.24) is 0 Å². The predicted molar refractivity (Wildman–Crippen MR) is 75.2 cm³/mol. The van der Waals surface area contributed by atoms with Crippen LogP contribution in [0.5, 0.6) is 0 Å². The van der Waals surface area contributed by atoms with Crippen molar-refractivity contribution < 1.29 is 9.72 Å². The zero-order chi connectivity index (χ0) is 14.1. The molecule has 0 aliphatic rings. The van der Waals surface area contributed by atoms with Crippen LogP contribution in [0.3, 0.4) is 0 Å². The minimum atomic E-state index is -0.427. The molecule has 1 aromatic carbocycles. The maximum atomic E-state index is 11.8. The summed E-state index contributed by atoms with van der Waals surface area (Å²) in [5.41, 5.74) is 0.563. The zero-order valence-corrected chi connectivity index (χ0v) is 11.4. The van der Waals surface area contributed by atoms with Crippen LogP contribution in [-0.4, -0.2) is 10.7 Å². The molecule has 104 valence electrons. The van der Waals surface area contributed by atoms with Crippen molar-refractivity contribution >= 4 is 11.5 Å². The summed E-state index contributed by atoms with van der Waals surface area (Å²) in [6.45, 7) is 2.15. The van der Waals surface area contributed by atoms with Gasteiger partial charge in [-0.25, -0.2) is 0 Å². The zero-order valence-electron chi connectivity index (χ0n) is 11.4. The van der Waals surface area contributed by atoms with Crippen LogP contribution in [0.1, 0.15) is 51.0 Å². The van der Waals surface area contributed by atoms with Gasteiger partial charge in [-0.15, -0.1) is 0 Å². The van der Waals surface area contributed by atoms with Crippen molar-refractivity contribution in [3.63, 3.8) is 0 Å². The molecule has 1 aromatic rings. The van der Waals surface area contributed by atoms with E-state index in [-0.39, 0.29) is 17.9 Å². The molecule has 0 fully saturated rings. The van der Waals surface area contributed by atoms with Gasteiger partial charge in [-0.05, 0) is 6.42 Å². The van der Waals surface area contributed by atoms with Gasteiger partial charge in [0.2, 0.25) is 0 Å². The maximum Gasteiger partial charge on any atom is 0.273 e. The number of hydrogen-bond acceptors (Lipinski definition) is 3. The van der Waals surface area contributed by atoms with Gasteiger partial charge in [0.15, 0.2) is 0 Å². The fourth-order valence-electron chi connectivity index (χ4n) is 2.06. The van der Waals surface area contributed by atoms with Crippen LogP contribution >= 0.6 is 0 Å². The fraction of sp³-hybridized carbons (Fsp3) is 0.533. The molecule has 0 saturated heterocycles. The van der Waals surface area contributed by atoms with Crippen LogP contribution in [0.4, 0.5) is 5.69 Å². The molecule has 0 saturated carbocycles. The number of ketones is 1. The normalized spacial score (nSPS) is 10.4. The lowest BCUT2D eigenvalue weighted by molar-refractivity contribution is -0.385. The van der Waals surface area contributed by atoms with Gasteiger partial charge in [0, 0.05) is 24.5 Å². The monoisotopic (exact) mass is 263 g/mol. The number of benzene rings is 1. The molecule has 0 amide bonds. The molecular weight excluding hydrogens is 242 g/mol. The maximum absolute atomic E-state index is 11.8. The SMILES string of the molecule is CCCCCCCC(=O)Cc1ccccc1[N+](=O)[O-]. The Bertz CT molecular complexity index is 429. The van der Waals surface area contributed by atoms with E-state index in [1.54, 1.807) is 18.2 Å². The van der Waals surface area contributed by atoms with E-state index in [9.17, 15) is 14.9 Å². The molecule has 4 heteroatoms. The van der Waals surface area contributed by atoms with Gasteiger partial charge in [-0.1, -0.05) is 50.8 Å². The van der Waals surface area contributed by atoms with E-state index in [2.05, 4.69) is 6.92 Å². The van der Waals surface area contributed by atoms with E-state index >= 15 is 0 Å². The third kappa shape index (κ3) is 5.64. The largest absolute Gasteiger partial charge is 0.299 e. The minimum Gasteiger partial charge on any atom is -0.299 e. The van der Waals surface area contributed by atoms with Crippen molar-refractivity contribution in [3.8, 4) is 0 Å². The first-order valence-electron chi connectivity index (χ1n) is 6.89. The molecule has 4 nitrogen and oxygen atoms in total. The molecule has 1 rings (SSSR count). The van der Waals surface area contributed by atoms with Crippen molar-refractivity contribution in [2.24, 2.45) is 0 Å². The molecule has 0 aromatic heterocycles. The van der Waals surface area contributed by atoms with Gasteiger partial charge in [0.1, 0.15) is 5.78 Å². The summed E-state index contributed by atoms with van der Waals surface area (Å²) in [6, 6.07) is 6.46. The van der Waals surface area contributed by atoms with Crippen LogP contribution in [0.25, 0.3) is 0 Å². The third-order valence-corrected chi connectivity index (χ3v) is 3.14. The summed E-state index contributed by atoms with van der Waals surface area (Å²) >= 11 is 0. The summed E-state index contributed by atoms with van der Waals surface area (Å²) in [5, 5.41) is 10.8. The highest BCUT2D eigenvalue weighted by Gasteiger charge is 2.14. The van der Waals surface area contributed by atoms with Crippen molar-refractivity contribution in [2.75, 3.05) is 0 Å². The number of nitrogens with zero attached hydrogens (tertiary/aromatic N) is 1. The van der Waals surface area contributed by atoms with E-state index in [4.69, 9.17) is 0 Å². The van der Waals surface area contributed by atoms with Crippen LogP contribution < -0.4 is 0 Å². The van der Waals surface area contributed by atoms with Crippen LogP contribution in [0.15, 0.2) is 24.3 Å². The van der Waals surface area contributed by atoms with E-state index in [1.807, 2.05) is 0 Å². The summed E-state index contributed by atoms with van der Waals surface area (Å²) in [5.74, 6) is 0.0887. The third-order valence-electron chi connectivity index (χ3n) is 3.14. The Morgan fingerprint density at radius 3 is 2.53 bits per heavy atom. The van der Waals surface area contributed by atoms with E-state index < -0.39 is 4.92 Å². The molecule has 0 bridgehead atoms. The number of unbranched alkanes of at least 4 members (excludes halogenated alkanes) is 4. The Kier molecular flexibility index (Phi) is 6.79. The highest BCUT2D eigenvalue weighted by molar-refractivity contribution is 5.81. The predicted octanol–water partition coefficient (Wildman–Crippen LogP) is 4.07. The Hall–Kier alpha value is -1.71. The van der Waals surface area contributed by atoms with E-state index in [0.717, 1.165) is 19.3 Å². The minimum absolute atomic E-state index is 0.0434. The van der Waals surface area contributed by atoms with E-state index in [0.29, 0.717) is 12.0 Å². The van der Waals surface area contributed by atoms with Crippen LogP contribution in [0.2, 0.25) is 0 Å². The molecule has 19 heavy (non-hydrogen) atoms. The van der Waals surface area contributed by atoms with Gasteiger partial charge in [0.25, 0.3) is 5.69 Å². The number of carbonyl (C=O) groups is 1. The number of nitro groups is 1. The van der Waals surface area contributed by atoms with Crippen molar-refractivity contribution in [1.29, 1.82) is 0 Å². The highest BCUT2D eigenvalue weighted by Crippen LogP contribution is 2.19. The average Bonchev–Trinajstić information content (AvgIpc) is 2.39. The molecular formula is C15H21NO3. The number of rotatable bonds is 9. The Morgan fingerprint density at radius 2 is 1.84 bits per heavy atom. The smallest absolute Gasteiger partial charge is 0.273 e. The lowest BCUT2D eigenvalue weighted by atomic mass is 10.0. The average molecular weight is 263 g/mol. The lowest BCUT2D eigenvalue weighted by Crippen LogP contribution is -2.05. The van der Waals surface area contributed by atoms with Gasteiger partial charge < -0.3 is 0 Å². The van der Waals surface area contributed by atoms with Gasteiger partial charge in [0.05, 0.1) is 4.92 Å². The Morgan fingerprint density at radius 1 is 1.16 bits per heavy atom. The van der Waals surface area contributed by atoms with Crippen molar-refractivity contribution in [3.05, 3.63) is 39.9 Å². The second-order valence-corrected chi connectivity index (χ2v) is 4.77. The summed E-state index contributed by atoms with van der Waals surface area (Å²) in [6.07, 6.45) is 6.20. The number of Topliss-reactive ketones (excluding diaryl/α,β-unsaturated/α-hetero) is 1. The first-order valence-corrected chi connectivity index (χ1v) is 6.89. The Labute approximate surface area is 114 Å². The second kappa shape index (κ2) is 8.40. The fourth-order valence-corrected chi connectivity index (χ4v) is 2.06. The number of nitro benzene ring substituents is 1. The first-order chi connectivity index (χ1) is 9.15. The van der Waals surface area contributed by atoms with Gasteiger partial charge >= 0.3 is 0 Å². The van der Waals surface area contributed by atoms with Gasteiger partial charge in [-0.3, -0.25) is 14.9 Å². The van der Waals surface area contributed by atoms with Crippen LogP contribution in [0, 0.1) is 10.1 Å². The quantitative estimate of drug-likeness (QED) is 0.383. The number of carbonyl (C=O) groups excluding carboxylic acids is 1. The molecule has 0 N–H and O–H groups in total. The molecule has 0 unspecified atom stereocenters. The lowest BCUT2D eigenvalue weighted by Gasteiger charge is -2.03. The molecule has 0 heterocycles. The number of para-hydroxylation sites is 1. The van der Waals surface area contributed by atoms with Crippen LogP contribution in [-0.2, 0) is 11.2 Å². The summed E-state index contributed by atoms with van der Waals surface area (Å²) in [4.78, 5) is 22.2. The standard InChI is InChI=1S/C15H21NO3/c1-2-3-4-5-6-10-14(17)12-13-9-7-8-11-15(13)16(18)19/h7-9,11H,2-6,10,12H2,1H3. The molecule has 0 aliphatic carbocycles. The summed E-state index contributed by atoms with van der Waals surface area (Å²) < 4.78 is 0. The number of hydrogen-bond donors (Lipinski definition) is 0. The highest BCUT2D eigenvalue weighted by atomic mass is 16.6. The molecule has 0 spiro atoms. The Balaban J connectivity index is 2.42. The van der Waals surface area contributed by atoms with Crippen molar-refractivity contribution in [2.45, 2.75) is 51.9 Å². The second-order valence-electron chi connectivity index (χ2n) is 4.77. The molecule has 0 radical (unpaired) electrons. The first kappa shape index (κ1) is 15.3. The summed E-state index contributed by atoms with van der Waals surface area (Å²) in [7, 11) is 0. The van der Waals surface area contributed by atoms with E-state index in [1.165, 1.54) is 18.9 Å². The molecule has 0 aliphatic heterocycles. The topological polar surface area (TPSA) is 60.2 Å². The molecule has 0 atom stereocenters. The van der Waals surface area contributed by atoms with Gasteiger partial charge in [-0.2, -0.15) is 0 Å².